The number of nitrogen functional groups attached to an aromatic ring is 1. The SMILES string of the molecule is CSc1nc(N)cc(OCC2CCCC2)n1. The Balaban J connectivity index is 1.94. The summed E-state index contributed by atoms with van der Waals surface area (Å²) < 4.78 is 5.67. The summed E-state index contributed by atoms with van der Waals surface area (Å²) in [4.78, 5) is 8.34. The van der Waals surface area contributed by atoms with Gasteiger partial charge in [0.15, 0.2) is 5.16 Å². The third kappa shape index (κ3) is 3.01. The fourth-order valence-electron chi connectivity index (χ4n) is 1.97. The molecule has 0 spiro atoms. The van der Waals surface area contributed by atoms with Crippen molar-refractivity contribution in [1.82, 2.24) is 9.97 Å². The van der Waals surface area contributed by atoms with Crippen LogP contribution >= 0.6 is 11.8 Å². The molecule has 0 aliphatic heterocycles. The van der Waals surface area contributed by atoms with Crippen LogP contribution in [-0.4, -0.2) is 22.8 Å². The van der Waals surface area contributed by atoms with Crippen LogP contribution in [0.5, 0.6) is 5.88 Å². The molecule has 2 rings (SSSR count). The molecule has 0 bridgehead atoms. The zero-order valence-electron chi connectivity index (χ0n) is 9.48. The van der Waals surface area contributed by atoms with Crippen molar-refractivity contribution in [2.24, 2.45) is 5.92 Å². The average molecular weight is 239 g/mol. The summed E-state index contributed by atoms with van der Waals surface area (Å²) >= 11 is 1.47. The first-order chi connectivity index (χ1) is 7.78. The van der Waals surface area contributed by atoms with Gasteiger partial charge in [-0.25, -0.2) is 4.98 Å². The first-order valence-electron chi connectivity index (χ1n) is 5.59. The van der Waals surface area contributed by atoms with E-state index >= 15 is 0 Å². The molecule has 1 saturated carbocycles. The molecule has 1 aromatic heterocycles. The highest BCUT2D eigenvalue weighted by Crippen LogP contribution is 2.25. The molecule has 16 heavy (non-hydrogen) atoms. The minimum absolute atomic E-state index is 0.473. The van der Waals surface area contributed by atoms with E-state index in [1.807, 2.05) is 6.26 Å². The number of anilines is 1. The average Bonchev–Trinajstić information content (AvgIpc) is 2.78. The van der Waals surface area contributed by atoms with Crippen molar-refractivity contribution in [2.75, 3.05) is 18.6 Å². The molecule has 5 heteroatoms. The Morgan fingerprint density at radius 3 is 2.88 bits per heavy atom. The molecule has 1 fully saturated rings. The number of ether oxygens (including phenoxy) is 1. The van der Waals surface area contributed by atoms with Gasteiger partial charge in [-0.3, -0.25) is 0 Å². The molecule has 4 nitrogen and oxygen atoms in total. The van der Waals surface area contributed by atoms with Crippen LogP contribution in [-0.2, 0) is 0 Å². The number of hydrogen-bond acceptors (Lipinski definition) is 5. The Kier molecular flexibility index (Phi) is 3.88. The lowest BCUT2D eigenvalue weighted by atomic mass is 10.1. The van der Waals surface area contributed by atoms with Gasteiger partial charge in [-0.2, -0.15) is 4.98 Å². The second-order valence-corrected chi connectivity index (χ2v) is 4.85. The minimum Gasteiger partial charge on any atom is -0.477 e. The highest BCUT2D eigenvalue weighted by molar-refractivity contribution is 7.98. The first kappa shape index (κ1) is 11.5. The van der Waals surface area contributed by atoms with Crippen LogP contribution in [0.4, 0.5) is 5.82 Å². The molecule has 1 heterocycles. The number of thioether (sulfide) groups is 1. The third-order valence-electron chi connectivity index (χ3n) is 2.83. The Bertz CT molecular complexity index is 353. The van der Waals surface area contributed by atoms with Crippen LogP contribution in [0.1, 0.15) is 25.7 Å². The van der Waals surface area contributed by atoms with Crippen molar-refractivity contribution in [3.8, 4) is 5.88 Å². The van der Waals surface area contributed by atoms with E-state index in [1.165, 1.54) is 37.4 Å². The van der Waals surface area contributed by atoms with Gasteiger partial charge in [-0.05, 0) is 25.0 Å². The lowest BCUT2D eigenvalue weighted by Gasteiger charge is -2.11. The molecule has 0 unspecified atom stereocenters. The molecule has 0 radical (unpaired) electrons. The van der Waals surface area contributed by atoms with E-state index in [0.717, 1.165) is 6.61 Å². The van der Waals surface area contributed by atoms with E-state index in [1.54, 1.807) is 6.07 Å². The lowest BCUT2D eigenvalue weighted by Crippen LogP contribution is -2.09. The predicted molar refractivity (Wildman–Crippen MR) is 65.7 cm³/mol. The van der Waals surface area contributed by atoms with Crippen molar-refractivity contribution in [3.63, 3.8) is 0 Å². The quantitative estimate of drug-likeness (QED) is 0.645. The van der Waals surface area contributed by atoms with Crippen molar-refractivity contribution in [1.29, 1.82) is 0 Å². The summed E-state index contributed by atoms with van der Waals surface area (Å²) in [6, 6.07) is 1.69. The summed E-state index contributed by atoms with van der Waals surface area (Å²) in [7, 11) is 0. The summed E-state index contributed by atoms with van der Waals surface area (Å²) in [5.41, 5.74) is 5.67. The van der Waals surface area contributed by atoms with Gasteiger partial charge in [0, 0.05) is 6.07 Å². The summed E-state index contributed by atoms with van der Waals surface area (Å²) in [6.07, 6.45) is 7.13. The van der Waals surface area contributed by atoms with E-state index in [0.29, 0.717) is 22.8 Å². The number of hydrogen-bond donors (Lipinski definition) is 1. The van der Waals surface area contributed by atoms with Crippen molar-refractivity contribution >= 4 is 17.6 Å². The number of nitrogens with zero attached hydrogens (tertiary/aromatic N) is 2. The van der Waals surface area contributed by atoms with Gasteiger partial charge in [0.2, 0.25) is 5.88 Å². The Labute approximate surface area is 100.0 Å². The molecule has 1 aliphatic carbocycles. The zero-order chi connectivity index (χ0) is 11.4. The van der Waals surface area contributed by atoms with Crippen LogP contribution in [0.15, 0.2) is 11.2 Å². The molecule has 0 aromatic carbocycles. The van der Waals surface area contributed by atoms with Crippen molar-refractivity contribution in [2.45, 2.75) is 30.8 Å². The molecule has 2 N–H and O–H groups in total. The maximum absolute atomic E-state index is 5.67. The number of rotatable bonds is 4. The van der Waals surface area contributed by atoms with Crippen LogP contribution < -0.4 is 10.5 Å². The lowest BCUT2D eigenvalue weighted by molar-refractivity contribution is 0.241. The van der Waals surface area contributed by atoms with Gasteiger partial charge in [-0.1, -0.05) is 24.6 Å². The van der Waals surface area contributed by atoms with E-state index in [-0.39, 0.29) is 0 Å². The normalized spacial score (nSPS) is 16.6. The number of nitrogens with two attached hydrogens (primary N) is 1. The van der Waals surface area contributed by atoms with Crippen LogP contribution in [0.25, 0.3) is 0 Å². The summed E-state index contributed by atoms with van der Waals surface area (Å²) in [6.45, 7) is 0.754. The molecular weight excluding hydrogens is 222 g/mol. The standard InChI is InChI=1S/C11H17N3OS/c1-16-11-13-9(12)6-10(14-11)15-7-8-4-2-3-5-8/h6,8H,2-5,7H2,1H3,(H2,12,13,14). The molecule has 0 atom stereocenters. The smallest absolute Gasteiger partial charge is 0.219 e. The molecule has 88 valence electrons. The minimum atomic E-state index is 0.473. The fraction of sp³-hybridized carbons (Fsp3) is 0.636. The molecule has 1 aliphatic rings. The topological polar surface area (TPSA) is 61.0 Å². The van der Waals surface area contributed by atoms with Gasteiger partial charge in [0.25, 0.3) is 0 Å². The monoisotopic (exact) mass is 239 g/mol. The second kappa shape index (κ2) is 5.39. The second-order valence-electron chi connectivity index (χ2n) is 4.08. The Morgan fingerprint density at radius 1 is 1.44 bits per heavy atom. The fourth-order valence-corrected chi connectivity index (χ4v) is 2.34. The van der Waals surface area contributed by atoms with Crippen molar-refractivity contribution < 1.29 is 4.74 Å². The highest BCUT2D eigenvalue weighted by atomic mass is 32.2. The van der Waals surface area contributed by atoms with E-state index in [4.69, 9.17) is 10.5 Å². The molecule has 1 aromatic rings. The van der Waals surface area contributed by atoms with Gasteiger partial charge < -0.3 is 10.5 Å². The molecule has 0 saturated heterocycles. The molecular formula is C11H17N3OS. The Morgan fingerprint density at radius 2 is 2.19 bits per heavy atom. The third-order valence-corrected chi connectivity index (χ3v) is 3.37. The molecule has 0 amide bonds. The van der Waals surface area contributed by atoms with Gasteiger partial charge in [-0.15, -0.1) is 0 Å². The number of aromatic nitrogens is 2. The summed E-state index contributed by atoms with van der Waals surface area (Å²) in [5.74, 6) is 1.76. The predicted octanol–water partition coefficient (Wildman–Crippen LogP) is 2.35. The zero-order valence-corrected chi connectivity index (χ0v) is 10.3. The Hall–Kier alpha value is -0.970. The largest absolute Gasteiger partial charge is 0.477 e. The van der Waals surface area contributed by atoms with Gasteiger partial charge >= 0.3 is 0 Å². The maximum Gasteiger partial charge on any atom is 0.219 e. The summed E-state index contributed by atoms with van der Waals surface area (Å²) in [5, 5.41) is 0.668. The van der Waals surface area contributed by atoms with Crippen LogP contribution in [0, 0.1) is 5.92 Å². The van der Waals surface area contributed by atoms with Crippen molar-refractivity contribution in [3.05, 3.63) is 6.07 Å². The van der Waals surface area contributed by atoms with E-state index in [9.17, 15) is 0 Å². The first-order valence-corrected chi connectivity index (χ1v) is 6.82. The highest BCUT2D eigenvalue weighted by Gasteiger charge is 2.16. The van der Waals surface area contributed by atoms with Crippen LogP contribution in [0.2, 0.25) is 0 Å². The maximum atomic E-state index is 5.67. The van der Waals surface area contributed by atoms with Gasteiger partial charge in [0.05, 0.1) is 6.61 Å². The van der Waals surface area contributed by atoms with E-state index in [2.05, 4.69) is 9.97 Å². The van der Waals surface area contributed by atoms with E-state index < -0.39 is 0 Å². The van der Waals surface area contributed by atoms with Gasteiger partial charge in [0.1, 0.15) is 5.82 Å². The van der Waals surface area contributed by atoms with Crippen LogP contribution in [0.3, 0.4) is 0 Å².